The van der Waals surface area contributed by atoms with Crippen LogP contribution in [0.1, 0.15) is 18.4 Å². The Morgan fingerprint density at radius 2 is 2.41 bits per heavy atom. The van der Waals surface area contributed by atoms with Crippen LogP contribution in [0.2, 0.25) is 0 Å². The molecule has 0 amide bonds. The number of nitrogens with one attached hydrogen (secondary N) is 1. The van der Waals surface area contributed by atoms with Crippen molar-refractivity contribution in [2.24, 2.45) is 0 Å². The van der Waals surface area contributed by atoms with Crippen molar-refractivity contribution < 1.29 is 9.13 Å². The van der Waals surface area contributed by atoms with E-state index in [4.69, 9.17) is 4.74 Å². The Kier molecular flexibility index (Phi) is 4.83. The zero-order chi connectivity index (χ0) is 12.1. The van der Waals surface area contributed by atoms with Crippen molar-refractivity contribution in [1.82, 2.24) is 5.32 Å². The van der Waals surface area contributed by atoms with Crippen LogP contribution in [0.15, 0.2) is 23.1 Å². The molecule has 1 aliphatic heterocycles. The molecule has 0 aliphatic carbocycles. The first-order valence-electron chi connectivity index (χ1n) is 5.97. The Labute approximate surface area is 106 Å². The summed E-state index contributed by atoms with van der Waals surface area (Å²) >= 11 is 1.69. The highest BCUT2D eigenvalue weighted by Gasteiger charge is 2.17. The Hall–Kier alpha value is -0.580. The van der Waals surface area contributed by atoms with E-state index in [-0.39, 0.29) is 5.82 Å². The van der Waals surface area contributed by atoms with Crippen LogP contribution in [-0.4, -0.2) is 25.5 Å². The van der Waals surface area contributed by atoms with Gasteiger partial charge in [-0.1, -0.05) is 6.07 Å². The van der Waals surface area contributed by atoms with Crippen molar-refractivity contribution in [2.45, 2.75) is 30.4 Å². The molecule has 94 valence electrons. The van der Waals surface area contributed by atoms with Crippen molar-refractivity contribution in [2.75, 3.05) is 19.4 Å². The smallest absolute Gasteiger partial charge is 0.128 e. The van der Waals surface area contributed by atoms with Gasteiger partial charge in [0.1, 0.15) is 5.82 Å². The third kappa shape index (κ3) is 3.44. The van der Waals surface area contributed by atoms with E-state index in [0.717, 1.165) is 35.7 Å². The second-order valence-corrected chi connectivity index (χ2v) is 5.25. The fourth-order valence-corrected chi connectivity index (χ4v) is 3.13. The zero-order valence-corrected chi connectivity index (χ0v) is 10.9. The first-order chi connectivity index (χ1) is 8.31. The average Bonchev–Trinajstić information content (AvgIpc) is 2.83. The lowest BCUT2D eigenvalue weighted by molar-refractivity contribution is 0.129. The lowest BCUT2D eigenvalue weighted by Crippen LogP contribution is -2.11. The van der Waals surface area contributed by atoms with Crippen LogP contribution < -0.4 is 5.32 Å². The fraction of sp³-hybridized carbons (Fsp3) is 0.538. The lowest BCUT2D eigenvalue weighted by Gasteiger charge is -2.12. The van der Waals surface area contributed by atoms with Gasteiger partial charge in [0, 0.05) is 29.4 Å². The van der Waals surface area contributed by atoms with E-state index in [1.165, 1.54) is 6.07 Å². The molecule has 2 rings (SSSR count). The van der Waals surface area contributed by atoms with Crippen LogP contribution in [0.3, 0.4) is 0 Å². The molecular formula is C13H18FNOS. The summed E-state index contributed by atoms with van der Waals surface area (Å²) in [6.45, 7) is 1.44. The van der Waals surface area contributed by atoms with Gasteiger partial charge in [0.2, 0.25) is 0 Å². The van der Waals surface area contributed by atoms with E-state index >= 15 is 0 Å². The van der Waals surface area contributed by atoms with Crippen molar-refractivity contribution in [1.29, 1.82) is 0 Å². The van der Waals surface area contributed by atoms with Gasteiger partial charge in [-0.3, -0.25) is 0 Å². The second-order valence-electron chi connectivity index (χ2n) is 4.19. The third-order valence-corrected chi connectivity index (χ3v) is 4.11. The average molecular weight is 255 g/mol. The summed E-state index contributed by atoms with van der Waals surface area (Å²) in [5.41, 5.74) is 0.762. The molecule has 1 fully saturated rings. The van der Waals surface area contributed by atoms with Crippen molar-refractivity contribution in [3.05, 3.63) is 29.6 Å². The van der Waals surface area contributed by atoms with Gasteiger partial charge in [-0.15, -0.1) is 11.8 Å². The van der Waals surface area contributed by atoms with Gasteiger partial charge >= 0.3 is 0 Å². The first kappa shape index (κ1) is 12.9. The number of hydrogen-bond acceptors (Lipinski definition) is 3. The maximum Gasteiger partial charge on any atom is 0.128 e. The molecule has 1 unspecified atom stereocenters. The Morgan fingerprint density at radius 3 is 3.12 bits per heavy atom. The number of halogens is 1. The predicted octanol–water partition coefficient (Wildman–Crippen LogP) is 2.82. The number of thioether (sulfide) groups is 1. The topological polar surface area (TPSA) is 21.3 Å². The van der Waals surface area contributed by atoms with Crippen molar-refractivity contribution in [3.8, 4) is 0 Å². The van der Waals surface area contributed by atoms with Crippen molar-refractivity contribution >= 4 is 11.8 Å². The molecule has 2 nitrogen and oxygen atoms in total. The SMILES string of the molecule is CNCc1c(F)cccc1SCC1CCCO1. The molecule has 1 aromatic carbocycles. The molecule has 17 heavy (non-hydrogen) atoms. The van der Waals surface area contributed by atoms with Crippen LogP contribution in [0.4, 0.5) is 4.39 Å². The molecule has 0 saturated carbocycles. The summed E-state index contributed by atoms with van der Waals surface area (Å²) in [5.74, 6) is 0.789. The molecule has 1 atom stereocenters. The normalized spacial score (nSPS) is 19.8. The molecule has 0 bridgehead atoms. The maximum absolute atomic E-state index is 13.7. The summed E-state index contributed by atoms with van der Waals surface area (Å²) < 4.78 is 19.2. The van der Waals surface area contributed by atoms with Crippen LogP contribution in [0, 0.1) is 5.82 Å². The summed E-state index contributed by atoms with van der Waals surface area (Å²) in [6, 6.07) is 5.27. The molecule has 1 aliphatic rings. The molecule has 1 saturated heterocycles. The highest BCUT2D eigenvalue weighted by molar-refractivity contribution is 7.99. The predicted molar refractivity (Wildman–Crippen MR) is 68.9 cm³/mol. The number of ether oxygens (including phenoxy) is 1. The van der Waals surface area contributed by atoms with E-state index in [0.29, 0.717) is 12.6 Å². The standard InChI is InChI=1S/C13H18FNOS/c1-15-8-11-12(14)5-2-6-13(11)17-9-10-4-3-7-16-10/h2,5-6,10,15H,3-4,7-9H2,1H3. The molecule has 1 aromatic rings. The van der Waals surface area contributed by atoms with Gasteiger partial charge in [0.05, 0.1) is 6.10 Å². The summed E-state index contributed by atoms with van der Waals surface area (Å²) in [7, 11) is 1.83. The number of rotatable bonds is 5. The molecular weight excluding hydrogens is 237 g/mol. The fourth-order valence-electron chi connectivity index (χ4n) is 1.98. The molecule has 0 spiro atoms. The largest absolute Gasteiger partial charge is 0.377 e. The molecule has 1 heterocycles. The lowest BCUT2D eigenvalue weighted by atomic mass is 10.2. The summed E-state index contributed by atoms with van der Waals surface area (Å²) in [4.78, 5) is 1.02. The first-order valence-corrected chi connectivity index (χ1v) is 6.96. The Balaban J connectivity index is 2.00. The van der Waals surface area contributed by atoms with E-state index in [9.17, 15) is 4.39 Å². The number of benzene rings is 1. The van der Waals surface area contributed by atoms with E-state index in [2.05, 4.69) is 5.32 Å². The van der Waals surface area contributed by atoms with Gasteiger partial charge in [0.15, 0.2) is 0 Å². The van der Waals surface area contributed by atoms with Crippen LogP contribution in [-0.2, 0) is 11.3 Å². The van der Waals surface area contributed by atoms with Gasteiger partial charge in [-0.2, -0.15) is 0 Å². The van der Waals surface area contributed by atoms with Crippen LogP contribution in [0.5, 0.6) is 0 Å². The van der Waals surface area contributed by atoms with Gasteiger partial charge in [-0.05, 0) is 32.0 Å². The minimum Gasteiger partial charge on any atom is -0.377 e. The molecule has 1 N–H and O–H groups in total. The number of hydrogen-bond donors (Lipinski definition) is 1. The second kappa shape index (κ2) is 6.38. The van der Waals surface area contributed by atoms with E-state index < -0.39 is 0 Å². The Morgan fingerprint density at radius 1 is 1.53 bits per heavy atom. The van der Waals surface area contributed by atoms with Gasteiger partial charge < -0.3 is 10.1 Å². The molecule has 0 aromatic heterocycles. The summed E-state index contributed by atoms with van der Waals surface area (Å²) in [6.07, 6.45) is 2.62. The monoisotopic (exact) mass is 255 g/mol. The van der Waals surface area contributed by atoms with Gasteiger partial charge in [0.25, 0.3) is 0 Å². The molecule has 4 heteroatoms. The van der Waals surface area contributed by atoms with Crippen LogP contribution in [0.25, 0.3) is 0 Å². The minimum atomic E-state index is -0.128. The Bertz CT molecular complexity index is 366. The molecule has 0 radical (unpaired) electrons. The van der Waals surface area contributed by atoms with Crippen molar-refractivity contribution in [3.63, 3.8) is 0 Å². The third-order valence-electron chi connectivity index (χ3n) is 2.88. The van der Waals surface area contributed by atoms with Crippen LogP contribution >= 0.6 is 11.8 Å². The van der Waals surface area contributed by atoms with E-state index in [1.54, 1.807) is 17.8 Å². The zero-order valence-electron chi connectivity index (χ0n) is 10.0. The van der Waals surface area contributed by atoms with Gasteiger partial charge in [-0.25, -0.2) is 4.39 Å². The quantitative estimate of drug-likeness (QED) is 0.818. The van der Waals surface area contributed by atoms with E-state index in [1.807, 2.05) is 13.1 Å². The maximum atomic E-state index is 13.7. The minimum absolute atomic E-state index is 0.128. The highest BCUT2D eigenvalue weighted by atomic mass is 32.2. The summed E-state index contributed by atoms with van der Waals surface area (Å²) in [5, 5.41) is 3.01. The highest BCUT2D eigenvalue weighted by Crippen LogP contribution is 2.28.